The minimum Gasteiger partial charge on any atom is -0.354 e. The van der Waals surface area contributed by atoms with E-state index < -0.39 is 0 Å². The zero-order chi connectivity index (χ0) is 34.3. The van der Waals surface area contributed by atoms with Crippen molar-refractivity contribution in [2.75, 3.05) is 5.32 Å². The first-order valence-electron chi connectivity index (χ1n) is 17.8. The summed E-state index contributed by atoms with van der Waals surface area (Å²) in [5.41, 5.74) is 18.8. The smallest absolute Gasteiger partial charge is 0.0641 e. The maximum absolute atomic E-state index is 4.20. The summed E-state index contributed by atoms with van der Waals surface area (Å²) in [5, 5.41) is 5.16. The number of nitrogens with zero attached hydrogens (tertiary/aromatic N) is 1. The van der Waals surface area contributed by atoms with Crippen LogP contribution >= 0.6 is 0 Å². The molecule has 0 unspecified atom stereocenters. The van der Waals surface area contributed by atoms with Crippen molar-refractivity contribution in [2.45, 2.75) is 19.8 Å². The van der Waals surface area contributed by atoms with E-state index in [9.17, 15) is 0 Å². The first-order valence-corrected chi connectivity index (χ1v) is 17.8. The Labute approximate surface area is 300 Å². The van der Waals surface area contributed by atoms with Gasteiger partial charge in [-0.25, -0.2) is 0 Å². The molecule has 1 aromatic heterocycles. The second-order valence-corrected chi connectivity index (χ2v) is 13.3. The van der Waals surface area contributed by atoms with Crippen molar-refractivity contribution in [1.29, 1.82) is 0 Å². The molecule has 9 rings (SSSR count). The highest BCUT2D eigenvalue weighted by atomic mass is 15.0. The average Bonchev–Trinajstić information content (AvgIpc) is 3.47. The maximum atomic E-state index is 4.20. The van der Waals surface area contributed by atoms with Crippen LogP contribution in [0.3, 0.4) is 0 Å². The Hall–Kier alpha value is -6.38. The van der Waals surface area contributed by atoms with Gasteiger partial charge in [0.05, 0.1) is 16.9 Å². The maximum Gasteiger partial charge on any atom is 0.0641 e. The third-order valence-electron chi connectivity index (χ3n) is 10.2. The van der Waals surface area contributed by atoms with Gasteiger partial charge in [0.2, 0.25) is 0 Å². The predicted molar refractivity (Wildman–Crippen MR) is 219 cm³/mol. The number of hydrogen-bond donors (Lipinski definition) is 1. The topological polar surface area (TPSA) is 17.0 Å². The van der Waals surface area contributed by atoms with E-state index in [2.05, 4.69) is 187 Å². The molecule has 1 N–H and O–H groups in total. The lowest BCUT2D eigenvalue weighted by molar-refractivity contribution is 1.04. The zero-order valence-corrected chi connectivity index (χ0v) is 28.7. The van der Waals surface area contributed by atoms with Crippen LogP contribution in [-0.2, 0) is 0 Å². The van der Waals surface area contributed by atoms with Crippen molar-refractivity contribution < 1.29 is 0 Å². The molecule has 0 atom stereocenters. The molecular weight excluding hydrogens is 617 g/mol. The van der Waals surface area contributed by atoms with Gasteiger partial charge in [0.15, 0.2) is 0 Å². The van der Waals surface area contributed by atoms with Crippen LogP contribution in [0.15, 0.2) is 164 Å². The first-order chi connectivity index (χ1) is 25.2. The van der Waals surface area contributed by atoms with Crippen molar-refractivity contribution in [3.8, 4) is 50.3 Å². The highest BCUT2D eigenvalue weighted by Gasteiger charge is 2.30. The Morgan fingerprint density at radius 3 is 2.06 bits per heavy atom. The fourth-order valence-electron chi connectivity index (χ4n) is 7.94. The standard InChI is InChI=1S/C49H38N2/c1-3-17-40-33(4-2)28-29-44-47(40)50-45-27-15-14-24-42(45)46-43-26-16-25-41(36-22-12-7-13-23-36)48(43)51(49(44)46)39-31-37(34-18-8-5-9-19-34)30-38(32-39)35-20-10-6-11-21-35/h3-6,8-12,14-32,50H,2,7,13H2,1H3/b17-3-. The molecule has 2 aliphatic rings. The Morgan fingerprint density at radius 2 is 1.37 bits per heavy atom. The van der Waals surface area contributed by atoms with E-state index in [-0.39, 0.29) is 0 Å². The van der Waals surface area contributed by atoms with E-state index in [0.717, 1.165) is 46.6 Å². The van der Waals surface area contributed by atoms with Gasteiger partial charge in [0.25, 0.3) is 0 Å². The van der Waals surface area contributed by atoms with Crippen molar-refractivity contribution in [3.63, 3.8) is 0 Å². The lowest BCUT2D eigenvalue weighted by Crippen LogP contribution is -2.03. The lowest BCUT2D eigenvalue weighted by Gasteiger charge is -2.20. The van der Waals surface area contributed by atoms with E-state index >= 15 is 0 Å². The summed E-state index contributed by atoms with van der Waals surface area (Å²) < 4.78 is 2.55. The van der Waals surface area contributed by atoms with E-state index in [1.165, 1.54) is 61.1 Å². The Bertz CT molecular complexity index is 2500. The predicted octanol–water partition coefficient (Wildman–Crippen LogP) is 13.8. The number of para-hydroxylation sites is 2. The molecular formula is C49H38N2. The second-order valence-electron chi connectivity index (χ2n) is 13.3. The highest BCUT2D eigenvalue weighted by Crippen LogP contribution is 2.53. The van der Waals surface area contributed by atoms with E-state index in [4.69, 9.17) is 0 Å². The van der Waals surface area contributed by atoms with Gasteiger partial charge in [0, 0.05) is 44.6 Å². The summed E-state index contributed by atoms with van der Waals surface area (Å²) in [6.45, 7) is 6.28. The Balaban J connectivity index is 1.49. The molecule has 2 heteroatoms. The molecule has 1 aliphatic carbocycles. The van der Waals surface area contributed by atoms with Gasteiger partial charge in [-0.2, -0.15) is 0 Å². The number of anilines is 2. The Kier molecular flexibility index (Phi) is 7.71. The summed E-state index contributed by atoms with van der Waals surface area (Å²) in [6, 6.07) is 48.7. The van der Waals surface area contributed by atoms with Crippen molar-refractivity contribution in [2.24, 2.45) is 0 Å². The number of allylic oxidation sites excluding steroid dienone is 5. The lowest BCUT2D eigenvalue weighted by atomic mass is 9.94. The normalized spacial score (nSPS) is 13.2. The molecule has 244 valence electrons. The number of nitrogens with one attached hydrogen (secondary N) is 1. The molecule has 51 heavy (non-hydrogen) atoms. The zero-order valence-electron chi connectivity index (χ0n) is 28.7. The van der Waals surface area contributed by atoms with Crippen LogP contribution in [0.1, 0.15) is 36.5 Å². The summed E-state index contributed by atoms with van der Waals surface area (Å²) in [6.07, 6.45) is 15.4. The summed E-state index contributed by atoms with van der Waals surface area (Å²) >= 11 is 0. The van der Waals surface area contributed by atoms with Crippen LogP contribution < -0.4 is 5.32 Å². The van der Waals surface area contributed by atoms with Crippen LogP contribution in [0.5, 0.6) is 0 Å². The third-order valence-corrected chi connectivity index (χ3v) is 10.2. The average molecular weight is 655 g/mol. The van der Waals surface area contributed by atoms with Gasteiger partial charge in [-0.15, -0.1) is 0 Å². The molecule has 6 aromatic carbocycles. The summed E-state index contributed by atoms with van der Waals surface area (Å²) in [5.74, 6) is 0. The number of aromatic nitrogens is 1. The largest absolute Gasteiger partial charge is 0.354 e. The fourth-order valence-corrected chi connectivity index (χ4v) is 7.94. The van der Waals surface area contributed by atoms with E-state index in [1.807, 2.05) is 6.08 Å². The molecule has 1 aliphatic heterocycles. The molecule has 2 nitrogen and oxygen atoms in total. The number of hydrogen-bond acceptors (Lipinski definition) is 1. The van der Waals surface area contributed by atoms with Gasteiger partial charge >= 0.3 is 0 Å². The van der Waals surface area contributed by atoms with E-state index in [1.54, 1.807) is 0 Å². The minimum atomic E-state index is 1.04. The van der Waals surface area contributed by atoms with E-state index in [0.29, 0.717) is 0 Å². The highest BCUT2D eigenvalue weighted by molar-refractivity contribution is 6.15. The van der Waals surface area contributed by atoms with Crippen LogP contribution in [0.2, 0.25) is 0 Å². The van der Waals surface area contributed by atoms with Crippen LogP contribution in [-0.4, -0.2) is 4.57 Å². The van der Waals surface area contributed by atoms with Gasteiger partial charge in [-0.1, -0.05) is 152 Å². The number of rotatable bonds is 6. The SMILES string of the molecule is C=Cc1ccc2c(c1/C=C\C)Nc1ccccc1-c1c-2n(-c2cc(-c3ccccc3)cc(-c3ccccc3)c2)c2c(C3=CCCC=C3)cccc12. The van der Waals surface area contributed by atoms with Crippen molar-refractivity contribution >= 4 is 40.0 Å². The molecule has 0 saturated carbocycles. The molecule has 0 amide bonds. The van der Waals surface area contributed by atoms with Gasteiger partial charge in [-0.05, 0) is 77.4 Å². The molecule has 0 bridgehead atoms. The fraction of sp³-hybridized carbons (Fsp3) is 0.0612. The monoisotopic (exact) mass is 654 g/mol. The Morgan fingerprint density at radius 1 is 0.667 bits per heavy atom. The molecule has 7 aromatic rings. The van der Waals surface area contributed by atoms with Crippen LogP contribution in [0.4, 0.5) is 11.4 Å². The van der Waals surface area contributed by atoms with Crippen LogP contribution in [0, 0.1) is 0 Å². The minimum absolute atomic E-state index is 1.04. The van der Waals surface area contributed by atoms with Crippen molar-refractivity contribution in [3.05, 3.63) is 181 Å². The van der Waals surface area contributed by atoms with Crippen LogP contribution in [0.25, 0.3) is 79.0 Å². The molecule has 0 fully saturated rings. The molecule has 0 radical (unpaired) electrons. The molecule has 2 heterocycles. The molecule has 0 saturated heterocycles. The van der Waals surface area contributed by atoms with Gasteiger partial charge in [0.1, 0.15) is 0 Å². The number of benzene rings is 6. The number of fused-ring (bicyclic) bond motifs is 7. The first kappa shape index (κ1) is 30.7. The summed E-state index contributed by atoms with van der Waals surface area (Å²) in [7, 11) is 0. The second kappa shape index (κ2) is 12.8. The van der Waals surface area contributed by atoms with Gasteiger partial charge < -0.3 is 9.88 Å². The van der Waals surface area contributed by atoms with Gasteiger partial charge in [-0.3, -0.25) is 0 Å². The summed E-state index contributed by atoms with van der Waals surface area (Å²) in [4.78, 5) is 0. The third kappa shape index (κ3) is 5.19. The van der Waals surface area contributed by atoms with Crippen molar-refractivity contribution in [1.82, 2.24) is 4.57 Å². The molecule has 0 spiro atoms. The quantitative estimate of drug-likeness (QED) is 0.189.